The normalized spacial score (nSPS) is 16.6. The van der Waals surface area contributed by atoms with Crippen LogP contribution in [0.15, 0.2) is 53.0 Å². The van der Waals surface area contributed by atoms with Gasteiger partial charge in [-0.2, -0.15) is 9.78 Å². The fourth-order valence-electron chi connectivity index (χ4n) is 3.41. The number of thiazole rings is 1. The average molecular weight is 471 g/mol. The maximum absolute atomic E-state index is 12.5. The summed E-state index contributed by atoms with van der Waals surface area (Å²) in [5, 5.41) is 8.59. The van der Waals surface area contributed by atoms with Crippen molar-refractivity contribution in [3.05, 3.63) is 69.8 Å². The molecule has 8 heteroatoms. The number of hydrogen-bond acceptors (Lipinski definition) is 5. The van der Waals surface area contributed by atoms with Crippen molar-refractivity contribution in [1.82, 2.24) is 14.8 Å². The highest BCUT2D eigenvalue weighted by atomic mass is 79.9. The molecule has 0 spiro atoms. The van der Waals surface area contributed by atoms with Crippen molar-refractivity contribution >= 4 is 61.0 Å². The first-order chi connectivity index (χ1) is 13.6. The van der Waals surface area contributed by atoms with Gasteiger partial charge in [-0.05, 0) is 30.7 Å². The minimum absolute atomic E-state index is 0.00709. The minimum Gasteiger partial charge on any atom is -0.310 e. The summed E-state index contributed by atoms with van der Waals surface area (Å²) >= 11 is 6.85. The highest BCUT2D eigenvalue weighted by Gasteiger charge is 2.32. The number of carbonyl (C=O) groups excluding carboxylic acids is 1. The number of nitrogens with one attached hydrogen (secondary N) is 1. The van der Waals surface area contributed by atoms with Gasteiger partial charge in [0.25, 0.3) is 0 Å². The number of thioether (sulfide) groups is 1. The Morgan fingerprint density at radius 1 is 1.18 bits per heavy atom. The number of para-hydroxylation sites is 1. The largest absolute Gasteiger partial charge is 0.310 e. The van der Waals surface area contributed by atoms with Gasteiger partial charge in [0.1, 0.15) is 5.82 Å². The summed E-state index contributed by atoms with van der Waals surface area (Å²) in [6.45, 7) is 1.99. The van der Waals surface area contributed by atoms with E-state index in [9.17, 15) is 4.79 Å². The molecule has 28 heavy (non-hydrogen) atoms. The second-order valence-corrected chi connectivity index (χ2v) is 9.44. The molecule has 140 valence electrons. The van der Waals surface area contributed by atoms with Crippen LogP contribution in [0.4, 0.5) is 5.82 Å². The van der Waals surface area contributed by atoms with Crippen molar-refractivity contribution in [2.75, 3.05) is 11.1 Å². The predicted molar refractivity (Wildman–Crippen MR) is 119 cm³/mol. The van der Waals surface area contributed by atoms with E-state index in [0.29, 0.717) is 11.6 Å². The molecular weight excluding hydrogens is 456 g/mol. The molecule has 5 nitrogen and oxygen atoms in total. The van der Waals surface area contributed by atoms with E-state index in [-0.39, 0.29) is 11.2 Å². The lowest BCUT2D eigenvalue weighted by Crippen LogP contribution is -2.15. The molecule has 3 heterocycles. The zero-order chi connectivity index (χ0) is 19.3. The van der Waals surface area contributed by atoms with E-state index in [2.05, 4.69) is 27.3 Å². The first-order valence-electron chi connectivity index (χ1n) is 8.73. The van der Waals surface area contributed by atoms with Crippen LogP contribution in [-0.2, 0) is 4.79 Å². The molecule has 1 N–H and O–H groups in total. The third-order valence-corrected chi connectivity index (χ3v) is 7.65. The molecule has 0 aliphatic carbocycles. The smallest absolute Gasteiger partial charge is 0.235 e. The minimum atomic E-state index is -0.0249. The maximum Gasteiger partial charge on any atom is 0.235 e. The fraction of sp³-hybridized carbons (Fsp3) is 0.150. The van der Waals surface area contributed by atoms with Gasteiger partial charge in [0.2, 0.25) is 11.0 Å². The molecule has 0 radical (unpaired) electrons. The van der Waals surface area contributed by atoms with Crippen molar-refractivity contribution in [3.63, 3.8) is 0 Å². The van der Waals surface area contributed by atoms with Crippen LogP contribution in [0.3, 0.4) is 0 Å². The molecule has 0 unspecified atom stereocenters. The molecule has 2 aromatic carbocycles. The predicted octanol–water partition coefficient (Wildman–Crippen LogP) is 5.33. The quantitative estimate of drug-likeness (QED) is 0.430. The van der Waals surface area contributed by atoms with Crippen LogP contribution in [-0.4, -0.2) is 26.4 Å². The number of benzene rings is 2. The number of aromatic nitrogens is 3. The van der Waals surface area contributed by atoms with Crippen molar-refractivity contribution in [3.8, 4) is 5.13 Å². The van der Waals surface area contributed by atoms with Gasteiger partial charge >= 0.3 is 0 Å². The van der Waals surface area contributed by atoms with Gasteiger partial charge in [-0.15, -0.1) is 11.8 Å². The van der Waals surface area contributed by atoms with Crippen molar-refractivity contribution < 1.29 is 4.79 Å². The molecule has 5 rings (SSSR count). The standard InChI is InChI=1S/C20H15BrN4OS2/c1-11-17-18(12-6-2-3-7-13(12)21)27-10-16(26)23-19(17)25(24-11)20-22-14-8-4-5-9-15(14)28-20/h2-9,18H,10H2,1H3,(H,23,26)/t18-/m1/s1. The molecule has 0 saturated heterocycles. The second-order valence-electron chi connectivity index (χ2n) is 6.48. The molecule has 1 amide bonds. The van der Waals surface area contributed by atoms with Crippen LogP contribution >= 0.6 is 39.0 Å². The van der Waals surface area contributed by atoms with E-state index in [0.717, 1.165) is 36.6 Å². The van der Waals surface area contributed by atoms with E-state index < -0.39 is 0 Å². The Balaban J connectivity index is 1.71. The summed E-state index contributed by atoms with van der Waals surface area (Å²) in [7, 11) is 0. The molecule has 0 saturated carbocycles. The number of fused-ring (bicyclic) bond motifs is 2. The first kappa shape index (κ1) is 17.9. The molecule has 1 aliphatic rings. The lowest BCUT2D eigenvalue weighted by atomic mass is 10.0. The number of rotatable bonds is 2. The van der Waals surface area contributed by atoms with E-state index in [1.165, 1.54) is 0 Å². The Morgan fingerprint density at radius 2 is 1.96 bits per heavy atom. The average Bonchev–Trinajstić information content (AvgIpc) is 3.19. The number of nitrogens with zero attached hydrogens (tertiary/aromatic N) is 3. The van der Waals surface area contributed by atoms with Gasteiger partial charge in [0, 0.05) is 10.0 Å². The van der Waals surface area contributed by atoms with Crippen LogP contribution in [0.2, 0.25) is 0 Å². The van der Waals surface area contributed by atoms with E-state index in [1.807, 2.05) is 49.4 Å². The van der Waals surface area contributed by atoms with Crippen LogP contribution in [0, 0.1) is 6.92 Å². The number of anilines is 1. The lowest BCUT2D eigenvalue weighted by molar-refractivity contribution is -0.113. The molecule has 2 aromatic heterocycles. The number of halogens is 1. The van der Waals surface area contributed by atoms with Crippen LogP contribution in [0.25, 0.3) is 15.3 Å². The SMILES string of the molecule is Cc1nn(-c2nc3ccccc3s2)c2c1[C@@H](c1ccccc1Br)SCC(=O)N2. The zero-order valence-corrected chi connectivity index (χ0v) is 18.1. The summed E-state index contributed by atoms with van der Waals surface area (Å²) < 4.78 is 3.90. The lowest BCUT2D eigenvalue weighted by Gasteiger charge is -2.16. The van der Waals surface area contributed by atoms with Gasteiger partial charge in [0.05, 0.1) is 26.9 Å². The fourth-order valence-corrected chi connectivity index (χ4v) is 6.22. The van der Waals surface area contributed by atoms with Crippen LogP contribution in [0.1, 0.15) is 22.1 Å². The molecular formula is C20H15BrN4OS2. The monoisotopic (exact) mass is 470 g/mol. The molecule has 4 aromatic rings. The van der Waals surface area contributed by atoms with Gasteiger partial charge in [-0.3, -0.25) is 4.79 Å². The summed E-state index contributed by atoms with van der Waals surface area (Å²) in [4.78, 5) is 17.2. The molecule has 0 bridgehead atoms. The van der Waals surface area contributed by atoms with Gasteiger partial charge < -0.3 is 5.32 Å². The van der Waals surface area contributed by atoms with Gasteiger partial charge in [-0.25, -0.2) is 4.98 Å². The van der Waals surface area contributed by atoms with Gasteiger partial charge in [0.15, 0.2) is 0 Å². The molecule has 0 fully saturated rings. The van der Waals surface area contributed by atoms with Crippen LogP contribution < -0.4 is 5.32 Å². The van der Waals surface area contributed by atoms with Gasteiger partial charge in [-0.1, -0.05) is 57.6 Å². The Hall–Kier alpha value is -2.16. The summed E-state index contributed by atoms with van der Waals surface area (Å²) in [6, 6.07) is 16.2. The summed E-state index contributed by atoms with van der Waals surface area (Å²) in [6.07, 6.45) is 0. The highest BCUT2D eigenvalue weighted by molar-refractivity contribution is 9.10. The third kappa shape index (κ3) is 2.96. The summed E-state index contributed by atoms with van der Waals surface area (Å²) in [5.41, 5.74) is 3.99. The Labute approximate surface area is 178 Å². The Morgan fingerprint density at radius 3 is 2.79 bits per heavy atom. The summed E-state index contributed by atoms with van der Waals surface area (Å²) in [5.74, 6) is 1.08. The van der Waals surface area contributed by atoms with E-state index in [4.69, 9.17) is 10.1 Å². The molecule has 1 atom stereocenters. The van der Waals surface area contributed by atoms with Crippen molar-refractivity contribution in [2.45, 2.75) is 12.2 Å². The van der Waals surface area contributed by atoms with E-state index in [1.54, 1.807) is 27.8 Å². The van der Waals surface area contributed by atoms with Crippen molar-refractivity contribution in [2.24, 2.45) is 0 Å². The number of amides is 1. The molecule has 1 aliphatic heterocycles. The Kier molecular flexibility index (Phi) is 4.49. The van der Waals surface area contributed by atoms with Crippen molar-refractivity contribution in [1.29, 1.82) is 0 Å². The Bertz CT molecular complexity index is 1180. The maximum atomic E-state index is 12.5. The topological polar surface area (TPSA) is 59.8 Å². The third-order valence-electron chi connectivity index (χ3n) is 4.66. The number of carbonyl (C=O) groups is 1. The highest BCUT2D eigenvalue weighted by Crippen LogP contribution is 2.46. The zero-order valence-electron chi connectivity index (χ0n) is 14.8. The van der Waals surface area contributed by atoms with Crippen LogP contribution in [0.5, 0.6) is 0 Å². The second kappa shape index (κ2) is 7.02. The number of hydrogen-bond donors (Lipinski definition) is 1. The number of aryl methyl sites for hydroxylation is 1. The van der Waals surface area contributed by atoms with E-state index >= 15 is 0 Å². The first-order valence-corrected chi connectivity index (χ1v) is 11.4.